The van der Waals surface area contributed by atoms with Crippen molar-refractivity contribution in [1.29, 1.82) is 0 Å². The van der Waals surface area contributed by atoms with Gasteiger partial charge in [0.15, 0.2) is 23.3 Å². The summed E-state index contributed by atoms with van der Waals surface area (Å²) in [4.78, 5) is 0. The third kappa shape index (κ3) is 2.48. The molecule has 10 heteroatoms. The Bertz CT molecular complexity index is 467. The molecule has 0 fully saturated rings. The van der Waals surface area contributed by atoms with Crippen LogP contribution in [0.1, 0.15) is 11.6 Å². The summed E-state index contributed by atoms with van der Waals surface area (Å²) >= 11 is 0. The van der Waals surface area contributed by atoms with Crippen LogP contribution in [-0.2, 0) is 0 Å². The van der Waals surface area contributed by atoms with Gasteiger partial charge in [-0.25, -0.2) is 17.6 Å². The molecule has 1 nitrogen and oxygen atoms in total. The van der Waals surface area contributed by atoms with Crippen molar-refractivity contribution in [2.75, 3.05) is 0 Å². The molecular weight excluding hydrogens is 293 g/mol. The van der Waals surface area contributed by atoms with Crippen LogP contribution in [0.5, 0.6) is 0 Å². The second-order valence-corrected chi connectivity index (χ2v) is 3.48. The SMILES string of the molecule is N[C@@H](c1c(F)c(F)cc(F)c1F)C(F)(F)C(F)(F)F. The predicted octanol–water partition coefficient (Wildman–Crippen LogP) is 3.44. The van der Waals surface area contributed by atoms with Crippen LogP contribution in [0.25, 0.3) is 0 Å². The van der Waals surface area contributed by atoms with Gasteiger partial charge in [0.2, 0.25) is 0 Å². The molecule has 19 heavy (non-hydrogen) atoms. The lowest BCUT2D eigenvalue weighted by molar-refractivity contribution is -0.291. The molecule has 0 unspecified atom stereocenters. The first-order valence-corrected chi connectivity index (χ1v) is 4.44. The van der Waals surface area contributed by atoms with Crippen LogP contribution >= 0.6 is 0 Å². The number of hydrogen-bond donors (Lipinski definition) is 1. The van der Waals surface area contributed by atoms with E-state index < -0.39 is 47.0 Å². The molecule has 0 bridgehead atoms. The van der Waals surface area contributed by atoms with Crippen molar-refractivity contribution in [3.05, 3.63) is 34.9 Å². The minimum absolute atomic E-state index is 0.341. The predicted molar refractivity (Wildman–Crippen MR) is 44.2 cm³/mol. The highest BCUT2D eigenvalue weighted by molar-refractivity contribution is 5.27. The van der Waals surface area contributed by atoms with Crippen LogP contribution < -0.4 is 5.73 Å². The van der Waals surface area contributed by atoms with Crippen molar-refractivity contribution in [2.24, 2.45) is 5.73 Å². The molecule has 0 aliphatic rings. The van der Waals surface area contributed by atoms with Gasteiger partial charge in [-0.3, -0.25) is 0 Å². The van der Waals surface area contributed by atoms with E-state index in [2.05, 4.69) is 5.73 Å². The fourth-order valence-electron chi connectivity index (χ4n) is 1.22. The van der Waals surface area contributed by atoms with Gasteiger partial charge in [0.25, 0.3) is 0 Å². The molecule has 0 heterocycles. The van der Waals surface area contributed by atoms with Crippen LogP contribution in [0.2, 0.25) is 0 Å². The Morgan fingerprint density at radius 1 is 0.842 bits per heavy atom. The van der Waals surface area contributed by atoms with Crippen molar-refractivity contribution in [3.8, 4) is 0 Å². The summed E-state index contributed by atoms with van der Waals surface area (Å²) < 4.78 is 113. The van der Waals surface area contributed by atoms with Gasteiger partial charge < -0.3 is 5.73 Å². The summed E-state index contributed by atoms with van der Waals surface area (Å²) in [5, 5.41) is 0. The van der Waals surface area contributed by atoms with E-state index >= 15 is 0 Å². The summed E-state index contributed by atoms with van der Waals surface area (Å²) in [5.41, 5.74) is 2.21. The number of nitrogens with two attached hydrogens (primary N) is 1. The Morgan fingerprint density at radius 3 is 1.53 bits per heavy atom. The fourth-order valence-corrected chi connectivity index (χ4v) is 1.22. The van der Waals surface area contributed by atoms with Gasteiger partial charge in [0.05, 0.1) is 5.56 Å². The smallest absolute Gasteiger partial charge is 0.319 e. The summed E-state index contributed by atoms with van der Waals surface area (Å²) in [6.45, 7) is 0. The maximum atomic E-state index is 13.0. The fraction of sp³-hybridized carbons (Fsp3) is 0.333. The second kappa shape index (κ2) is 4.58. The van der Waals surface area contributed by atoms with Gasteiger partial charge >= 0.3 is 12.1 Å². The number of alkyl halides is 5. The van der Waals surface area contributed by atoms with Crippen molar-refractivity contribution in [1.82, 2.24) is 0 Å². The topological polar surface area (TPSA) is 26.0 Å². The highest BCUT2D eigenvalue weighted by Crippen LogP contribution is 2.44. The molecule has 1 aromatic rings. The molecule has 1 atom stereocenters. The van der Waals surface area contributed by atoms with Crippen LogP contribution in [0.3, 0.4) is 0 Å². The highest BCUT2D eigenvalue weighted by atomic mass is 19.4. The Morgan fingerprint density at radius 2 is 1.21 bits per heavy atom. The Labute approximate surface area is 99.4 Å². The van der Waals surface area contributed by atoms with E-state index in [1.807, 2.05) is 0 Å². The summed E-state index contributed by atoms with van der Waals surface area (Å²) in [6.07, 6.45) is -6.24. The van der Waals surface area contributed by atoms with Gasteiger partial charge in [0.1, 0.15) is 6.04 Å². The monoisotopic (exact) mass is 297 g/mol. The largest absolute Gasteiger partial charge is 0.455 e. The maximum Gasteiger partial charge on any atom is 0.455 e. The summed E-state index contributed by atoms with van der Waals surface area (Å²) in [7, 11) is 0. The van der Waals surface area contributed by atoms with Crippen molar-refractivity contribution in [3.63, 3.8) is 0 Å². The van der Waals surface area contributed by atoms with Gasteiger partial charge in [0, 0.05) is 6.07 Å². The lowest BCUT2D eigenvalue weighted by Gasteiger charge is -2.26. The highest BCUT2D eigenvalue weighted by Gasteiger charge is 2.62. The summed E-state index contributed by atoms with van der Waals surface area (Å²) in [5.74, 6) is -14.9. The minimum Gasteiger partial charge on any atom is -0.319 e. The van der Waals surface area contributed by atoms with Gasteiger partial charge in [-0.1, -0.05) is 0 Å². The zero-order chi connectivity index (χ0) is 15.2. The lowest BCUT2D eigenvalue weighted by Crippen LogP contribution is -2.46. The van der Waals surface area contributed by atoms with Crippen LogP contribution in [0, 0.1) is 23.3 Å². The first-order chi connectivity index (χ1) is 8.41. The lowest BCUT2D eigenvalue weighted by atomic mass is 9.99. The molecule has 0 spiro atoms. The summed E-state index contributed by atoms with van der Waals surface area (Å²) in [6, 6.07) is -3.97. The number of hydrogen-bond acceptors (Lipinski definition) is 1. The van der Waals surface area contributed by atoms with Crippen molar-refractivity contribution in [2.45, 2.75) is 18.1 Å². The Hall–Kier alpha value is -1.45. The third-order valence-electron chi connectivity index (χ3n) is 2.23. The Kier molecular flexibility index (Phi) is 3.76. The van der Waals surface area contributed by atoms with E-state index in [9.17, 15) is 39.5 Å². The molecule has 108 valence electrons. The molecule has 1 aromatic carbocycles. The zero-order valence-electron chi connectivity index (χ0n) is 8.63. The van der Waals surface area contributed by atoms with E-state index in [0.717, 1.165) is 0 Å². The molecule has 0 saturated carbocycles. The molecule has 0 aliphatic heterocycles. The quantitative estimate of drug-likeness (QED) is 0.657. The van der Waals surface area contributed by atoms with E-state index in [-0.39, 0.29) is 6.07 Å². The third-order valence-corrected chi connectivity index (χ3v) is 2.23. The number of halogens is 9. The first-order valence-electron chi connectivity index (χ1n) is 4.44. The molecule has 0 radical (unpaired) electrons. The van der Waals surface area contributed by atoms with Gasteiger partial charge in [-0.05, 0) is 0 Å². The minimum atomic E-state index is -6.24. The first kappa shape index (κ1) is 15.6. The normalized spacial score (nSPS) is 14.6. The molecule has 0 aliphatic carbocycles. The average Bonchev–Trinajstić information content (AvgIpc) is 2.25. The van der Waals surface area contributed by atoms with Crippen LogP contribution in [0.15, 0.2) is 6.07 Å². The van der Waals surface area contributed by atoms with Crippen molar-refractivity contribution >= 4 is 0 Å². The molecule has 0 saturated heterocycles. The van der Waals surface area contributed by atoms with Gasteiger partial charge in [-0.2, -0.15) is 22.0 Å². The second-order valence-electron chi connectivity index (χ2n) is 3.48. The van der Waals surface area contributed by atoms with E-state index in [1.54, 1.807) is 0 Å². The van der Waals surface area contributed by atoms with Crippen LogP contribution in [0.4, 0.5) is 39.5 Å². The zero-order valence-corrected chi connectivity index (χ0v) is 8.63. The van der Waals surface area contributed by atoms with Crippen LogP contribution in [-0.4, -0.2) is 12.1 Å². The molecule has 0 amide bonds. The van der Waals surface area contributed by atoms with Crippen molar-refractivity contribution < 1.29 is 39.5 Å². The maximum absolute atomic E-state index is 13.0. The number of benzene rings is 1. The van der Waals surface area contributed by atoms with E-state index in [0.29, 0.717) is 0 Å². The molecule has 2 N–H and O–H groups in total. The van der Waals surface area contributed by atoms with E-state index in [1.165, 1.54) is 0 Å². The molecule has 1 rings (SSSR count). The number of rotatable bonds is 2. The molecule has 0 aromatic heterocycles. The molecular formula is C9H4F9N. The average molecular weight is 297 g/mol. The standard InChI is InChI=1S/C9H4F9N/c10-2-1-3(11)6(13)4(5(2)12)7(19)8(14,15)9(16,17)18/h1,7H,19H2/t7-/m0/s1. The van der Waals surface area contributed by atoms with E-state index in [4.69, 9.17) is 0 Å². The van der Waals surface area contributed by atoms with Gasteiger partial charge in [-0.15, -0.1) is 0 Å². The Balaban J connectivity index is 3.47.